The Balaban J connectivity index is 2.55. The lowest BCUT2D eigenvalue weighted by Crippen LogP contribution is -2.11. The van der Waals surface area contributed by atoms with Crippen LogP contribution in [-0.2, 0) is 9.53 Å². The molecule has 2 N–H and O–H groups in total. The first-order valence-corrected chi connectivity index (χ1v) is 5.56. The standard InChI is InChI=1S/C11H18N4O2/c1-4-12-9-7-10(15-8(2)14-9)13-6-5-11(16)17-3/h7H,4-6H2,1-3H3,(H2,12,13,14,15). The van der Waals surface area contributed by atoms with Gasteiger partial charge in [-0.15, -0.1) is 0 Å². The van der Waals surface area contributed by atoms with Gasteiger partial charge in [0.05, 0.1) is 13.5 Å². The Bertz CT molecular complexity index is 382. The van der Waals surface area contributed by atoms with E-state index in [-0.39, 0.29) is 5.97 Å². The molecule has 0 amide bonds. The van der Waals surface area contributed by atoms with Gasteiger partial charge in [0.2, 0.25) is 0 Å². The number of aryl methyl sites for hydroxylation is 1. The van der Waals surface area contributed by atoms with Crippen LogP contribution in [0.1, 0.15) is 19.2 Å². The SMILES string of the molecule is CCNc1cc(NCCC(=O)OC)nc(C)n1. The topological polar surface area (TPSA) is 76.1 Å². The van der Waals surface area contributed by atoms with Crippen molar-refractivity contribution in [1.82, 2.24) is 9.97 Å². The Morgan fingerprint density at radius 1 is 1.35 bits per heavy atom. The molecule has 0 atom stereocenters. The molecule has 6 nitrogen and oxygen atoms in total. The van der Waals surface area contributed by atoms with Gasteiger partial charge in [-0.1, -0.05) is 0 Å². The maximum atomic E-state index is 10.9. The third-order valence-corrected chi connectivity index (χ3v) is 2.06. The van der Waals surface area contributed by atoms with E-state index in [1.807, 2.05) is 19.9 Å². The van der Waals surface area contributed by atoms with Crippen LogP contribution < -0.4 is 10.6 Å². The number of carbonyl (C=O) groups excluding carboxylic acids is 1. The van der Waals surface area contributed by atoms with Gasteiger partial charge in [-0.3, -0.25) is 4.79 Å². The average molecular weight is 238 g/mol. The van der Waals surface area contributed by atoms with Crippen molar-refractivity contribution in [3.8, 4) is 0 Å². The van der Waals surface area contributed by atoms with Crippen molar-refractivity contribution in [1.29, 1.82) is 0 Å². The molecule has 0 bridgehead atoms. The number of anilines is 2. The van der Waals surface area contributed by atoms with Crippen molar-refractivity contribution in [2.24, 2.45) is 0 Å². The highest BCUT2D eigenvalue weighted by molar-refractivity contribution is 5.69. The number of ether oxygens (including phenoxy) is 1. The van der Waals surface area contributed by atoms with Crippen LogP contribution in [0.15, 0.2) is 6.07 Å². The van der Waals surface area contributed by atoms with Gasteiger partial charge in [0, 0.05) is 19.2 Å². The van der Waals surface area contributed by atoms with Gasteiger partial charge in [-0.25, -0.2) is 9.97 Å². The maximum absolute atomic E-state index is 10.9. The first-order valence-electron chi connectivity index (χ1n) is 5.56. The van der Waals surface area contributed by atoms with E-state index in [9.17, 15) is 4.79 Å². The van der Waals surface area contributed by atoms with E-state index in [0.29, 0.717) is 24.6 Å². The molecule has 0 radical (unpaired) electrons. The number of rotatable bonds is 6. The Labute approximate surface area is 101 Å². The number of hydrogen-bond donors (Lipinski definition) is 2. The molecule has 0 spiro atoms. The normalized spacial score (nSPS) is 9.82. The third kappa shape index (κ3) is 4.67. The summed E-state index contributed by atoms with van der Waals surface area (Å²) in [6.45, 7) is 5.13. The van der Waals surface area contributed by atoms with Gasteiger partial charge in [-0.05, 0) is 13.8 Å². The van der Waals surface area contributed by atoms with E-state index in [0.717, 1.165) is 12.4 Å². The summed E-state index contributed by atoms with van der Waals surface area (Å²) in [5.41, 5.74) is 0. The molecular weight excluding hydrogens is 220 g/mol. The number of nitrogens with zero attached hydrogens (tertiary/aromatic N) is 2. The van der Waals surface area contributed by atoms with E-state index in [1.54, 1.807) is 0 Å². The minimum absolute atomic E-state index is 0.241. The summed E-state index contributed by atoms with van der Waals surface area (Å²) in [6.07, 6.45) is 0.316. The minimum Gasteiger partial charge on any atom is -0.469 e. The Kier molecular flexibility index (Phi) is 5.19. The molecule has 1 aromatic heterocycles. The first kappa shape index (κ1) is 13.2. The highest BCUT2D eigenvalue weighted by Crippen LogP contribution is 2.10. The van der Waals surface area contributed by atoms with Crippen molar-refractivity contribution < 1.29 is 9.53 Å². The summed E-state index contributed by atoms with van der Waals surface area (Å²) in [4.78, 5) is 19.4. The van der Waals surface area contributed by atoms with E-state index < -0.39 is 0 Å². The second kappa shape index (κ2) is 6.67. The second-order valence-corrected chi connectivity index (χ2v) is 3.47. The number of nitrogens with one attached hydrogen (secondary N) is 2. The number of hydrogen-bond acceptors (Lipinski definition) is 6. The molecule has 0 saturated carbocycles. The first-order chi connectivity index (χ1) is 8.15. The highest BCUT2D eigenvalue weighted by atomic mass is 16.5. The number of aromatic nitrogens is 2. The third-order valence-electron chi connectivity index (χ3n) is 2.06. The monoisotopic (exact) mass is 238 g/mol. The largest absolute Gasteiger partial charge is 0.469 e. The van der Waals surface area contributed by atoms with Gasteiger partial charge in [-0.2, -0.15) is 0 Å². The predicted molar refractivity (Wildman–Crippen MR) is 66.1 cm³/mol. The summed E-state index contributed by atoms with van der Waals surface area (Å²) in [7, 11) is 1.38. The lowest BCUT2D eigenvalue weighted by atomic mass is 10.4. The summed E-state index contributed by atoms with van der Waals surface area (Å²) in [5, 5.41) is 6.17. The van der Waals surface area contributed by atoms with E-state index in [2.05, 4.69) is 25.3 Å². The predicted octanol–water partition coefficient (Wildman–Crippen LogP) is 1.19. The fourth-order valence-corrected chi connectivity index (χ4v) is 1.32. The zero-order valence-electron chi connectivity index (χ0n) is 10.4. The van der Waals surface area contributed by atoms with Crippen LogP contribution in [0, 0.1) is 6.92 Å². The molecule has 6 heteroatoms. The fourth-order valence-electron chi connectivity index (χ4n) is 1.32. The zero-order valence-corrected chi connectivity index (χ0v) is 10.4. The Morgan fingerprint density at radius 3 is 2.59 bits per heavy atom. The summed E-state index contributed by atoms with van der Waals surface area (Å²) in [6, 6.07) is 1.81. The van der Waals surface area contributed by atoms with Crippen LogP contribution in [0.25, 0.3) is 0 Å². The van der Waals surface area contributed by atoms with Crippen molar-refractivity contribution >= 4 is 17.6 Å². The molecule has 0 saturated heterocycles. The molecule has 1 rings (SSSR count). The average Bonchev–Trinajstić information content (AvgIpc) is 2.28. The smallest absolute Gasteiger partial charge is 0.307 e. The molecule has 94 valence electrons. The van der Waals surface area contributed by atoms with E-state index >= 15 is 0 Å². The molecule has 0 fully saturated rings. The lowest BCUT2D eigenvalue weighted by molar-refractivity contribution is -0.140. The van der Waals surface area contributed by atoms with Gasteiger partial charge in [0.25, 0.3) is 0 Å². The van der Waals surface area contributed by atoms with Crippen LogP contribution in [-0.4, -0.2) is 36.1 Å². The molecular formula is C11H18N4O2. The second-order valence-electron chi connectivity index (χ2n) is 3.47. The summed E-state index contributed by atoms with van der Waals surface area (Å²) < 4.78 is 4.55. The Hall–Kier alpha value is -1.85. The molecule has 0 unspecified atom stereocenters. The molecule has 17 heavy (non-hydrogen) atoms. The summed E-state index contributed by atoms with van der Waals surface area (Å²) >= 11 is 0. The van der Waals surface area contributed by atoms with Crippen LogP contribution in [0.2, 0.25) is 0 Å². The molecule has 1 aromatic rings. The summed E-state index contributed by atoms with van der Waals surface area (Å²) in [5.74, 6) is 1.93. The van der Waals surface area contributed by atoms with E-state index in [4.69, 9.17) is 0 Å². The highest BCUT2D eigenvalue weighted by Gasteiger charge is 2.03. The lowest BCUT2D eigenvalue weighted by Gasteiger charge is -2.08. The van der Waals surface area contributed by atoms with Crippen LogP contribution in [0.3, 0.4) is 0 Å². The molecule has 0 aliphatic rings. The van der Waals surface area contributed by atoms with Crippen molar-refractivity contribution in [2.75, 3.05) is 30.8 Å². The molecule has 1 heterocycles. The van der Waals surface area contributed by atoms with Gasteiger partial charge >= 0.3 is 5.97 Å². The Morgan fingerprint density at radius 2 is 2.00 bits per heavy atom. The number of carbonyl (C=O) groups is 1. The van der Waals surface area contributed by atoms with Gasteiger partial charge < -0.3 is 15.4 Å². The molecule has 0 aromatic carbocycles. The van der Waals surface area contributed by atoms with Gasteiger partial charge in [0.1, 0.15) is 17.5 Å². The van der Waals surface area contributed by atoms with Crippen LogP contribution in [0.4, 0.5) is 11.6 Å². The van der Waals surface area contributed by atoms with Crippen molar-refractivity contribution in [2.45, 2.75) is 20.3 Å². The van der Waals surface area contributed by atoms with Crippen LogP contribution >= 0.6 is 0 Å². The fraction of sp³-hybridized carbons (Fsp3) is 0.545. The van der Waals surface area contributed by atoms with Crippen LogP contribution in [0.5, 0.6) is 0 Å². The number of esters is 1. The van der Waals surface area contributed by atoms with Crippen molar-refractivity contribution in [3.05, 3.63) is 11.9 Å². The maximum Gasteiger partial charge on any atom is 0.307 e. The van der Waals surface area contributed by atoms with Gasteiger partial charge in [0.15, 0.2) is 0 Å². The van der Waals surface area contributed by atoms with Crippen molar-refractivity contribution in [3.63, 3.8) is 0 Å². The quantitative estimate of drug-likeness (QED) is 0.725. The minimum atomic E-state index is -0.241. The number of methoxy groups -OCH3 is 1. The molecule has 0 aliphatic carbocycles. The zero-order chi connectivity index (χ0) is 12.7. The molecule has 0 aliphatic heterocycles. The van der Waals surface area contributed by atoms with E-state index in [1.165, 1.54) is 7.11 Å².